The molecule has 1 saturated heterocycles. The monoisotopic (exact) mass is 336 g/mol. The van der Waals surface area contributed by atoms with E-state index in [9.17, 15) is 9.59 Å². The highest BCUT2D eigenvalue weighted by molar-refractivity contribution is 6.15. The molecule has 25 heavy (non-hydrogen) atoms. The highest BCUT2D eigenvalue weighted by Gasteiger charge is 2.25. The van der Waals surface area contributed by atoms with Crippen LogP contribution < -0.4 is 10.6 Å². The number of carbonyl (C=O) groups excluding carboxylic acids is 2. The quantitative estimate of drug-likeness (QED) is 0.844. The highest BCUT2D eigenvalue weighted by atomic mass is 16.2. The highest BCUT2D eigenvalue weighted by Crippen LogP contribution is 2.17. The third kappa shape index (κ3) is 3.97. The van der Waals surface area contributed by atoms with E-state index in [0.29, 0.717) is 22.6 Å². The Morgan fingerprint density at radius 3 is 2.40 bits per heavy atom. The molecule has 1 aliphatic heterocycles. The summed E-state index contributed by atoms with van der Waals surface area (Å²) in [4.78, 5) is 25.6. The second kappa shape index (κ2) is 7.62. The average molecular weight is 336 g/mol. The van der Waals surface area contributed by atoms with Crippen LogP contribution in [-0.4, -0.2) is 30.8 Å². The van der Waals surface area contributed by atoms with Gasteiger partial charge in [-0.15, -0.1) is 0 Å². The molecule has 1 heterocycles. The molecule has 1 aliphatic rings. The molecule has 0 saturated carbocycles. The van der Waals surface area contributed by atoms with Crippen LogP contribution in [0.1, 0.15) is 45.2 Å². The first kappa shape index (κ1) is 17.4. The fourth-order valence-corrected chi connectivity index (χ4v) is 3.17. The zero-order chi connectivity index (χ0) is 17.8. The van der Waals surface area contributed by atoms with E-state index in [1.807, 2.05) is 19.1 Å². The van der Waals surface area contributed by atoms with Crippen LogP contribution in [-0.2, 0) is 0 Å². The summed E-state index contributed by atoms with van der Waals surface area (Å²) in [5.41, 5.74) is 2.58. The minimum Gasteiger partial charge on any atom is -0.348 e. The Kier molecular flexibility index (Phi) is 5.29. The first-order valence-corrected chi connectivity index (χ1v) is 8.78. The van der Waals surface area contributed by atoms with Crippen LogP contribution in [0.2, 0.25) is 0 Å². The van der Waals surface area contributed by atoms with Gasteiger partial charge in [-0.1, -0.05) is 55.0 Å². The lowest BCUT2D eigenvalue weighted by molar-refractivity contribution is 0.0907. The second-order valence-electron chi connectivity index (χ2n) is 6.79. The number of benzene rings is 2. The van der Waals surface area contributed by atoms with E-state index in [1.54, 1.807) is 36.4 Å². The van der Waals surface area contributed by atoms with Crippen molar-refractivity contribution in [2.24, 2.45) is 5.92 Å². The van der Waals surface area contributed by atoms with E-state index in [0.717, 1.165) is 25.1 Å². The van der Waals surface area contributed by atoms with Gasteiger partial charge in [-0.25, -0.2) is 0 Å². The summed E-state index contributed by atoms with van der Waals surface area (Å²) in [5.74, 6) is 0.113. The summed E-state index contributed by atoms with van der Waals surface area (Å²) < 4.78 is 0. The molecular weight excluding hydrogens is 312 g/mol. The molecule has 1 fully saturated rings. The summed E-state index contributed by atoms with van der Waals surface area (Å²) in [6.45, 7) is 5.88. The maximum atomic E-state index is 12.8. The summed E-state index contributed by atoms with van der Waals surface area (Å²) >= 11 is 0. The minimum atomic E-state index is -0.184. The molecule has 2 aromatic rings. The van der Waals surface area contributed by atoms with Crippen molar-refractivity contribution in [3.63, 3.8) is 0 Å². The predicted octanol–water partition coefficient (Wildman–Crippen LogP) is 2.95. The average Bonchev–Trinajstić information content (AvgIpc) is 2.63. The van der Waals surface area contributed by atoms with Crippen molar-refractivity contribution >= 4 is 11.7 Å². The van der Waals surface area contributed by atoms with Gasteiger partial charge in [-0.05, 0) is 31.9 Å². The van der Waals surface area contributed by atoms with Gasteiger partial charge < -0.3 is 10.6 Å². The van der Waals surface area contributed by atoms with Crippen LogP contribution >= 0.6 is 0 Å². The number of rotatable bonds is 4. The fraction of sp³-hybridized carbons (Fsp3) is 0.333. The molecule has 0 bridgehead atoms. The van der Waals surface area contributed by atoms with Crippen LogP contribution in [0.15, 0.2) is 48.5 Å². The summed E-state index contributed by atoms with van der Waals surface area (Å²) in [7, 11) is 0. The Morgan fingerprint density at radius 2 is 1.72 bits per heavy atom. The maximum Gasteiger partial charge on any atom is 0.252 e. The molecule has 2 N–H and O–H groups in total. The summed E-state index contributed by atoms with van der Waals surface area (Å²) in [6.07, 6.45) is 1.04. The molecule has 4 nitrogen and oxygen atoms in total. The molecule has 2 atom stereocenters. The van der Waals surface area contributed by atoms with Gasteiger partial charge in [-0.2, -0.15) is 0 Å². The molecule has 2 unspecified atom stereocenters. The van der Waals surface area contributed by atoms with Crippen molar-refractivity contribution < 1.29 is 9.59 Å². The number of hydrogen-bond donors (Lipinski definition) is 2. The zero-order valence-electron chi connectivity index (χ0n) is 14.7. The van der Waals surface area contributed by atoms with Gasteiger partial charge in [0.2, 0.25) is 0 Å². The number of amides is 1. The lowest BCUT2D eigenvalue weighted by atomic mass is 9.93. The van der Waals surface area contributed by atoms with Crippen LogP contribution in [0.3, 0.4) is 0 Å². The van der Waals surface area contributed by atoms with Crippen molar-refractivity contribution in [1.29, 1.82) is 0 Å². The molecule has 0 aromatic heterocycles. The van der Waals surface area contributed by atoms with Crippen molar-refractivity contribution in [3.05, 3.63) is 70.8 Å². The van der Waals surface area contributed by atoms with Crippen molar-refractivity contribution in [2.45, 2.75) is 26.3 Å². The van der Waals surface area contributed by atoms with Gasteiger partial charge in [0.05, 0.1) is 5.56 Å². The molecule has 0 spiro atoms. The van der Waals surface area contributed by atoms with Crippen molar-refractivity contribution in [1.82, 2.24) is 10.6 Å². The zero-order valence-corrected chi connectivity index (χ0v) is 14.7. The normalized spacial score (nSPS) is 20.1. The van der Waals surface area contributed by atoms with Crippen molar-refractivity contribution in [3.8, 4) is 0 Å². The maximum absolute atomic E-state index is 12.8. The van der Waals surface area contributed by atoms with Gasteiger partial charge in [0, 0.05) is 23.7 Å². The van der Waals surface area contributed by atoms with Crippen LogP contribution in [0, 0.1) is 12.8 Å². The van der Waals surface area contributed by atoms with E-state index in [1.165, 1.54) is 0 Å². The summed E-state index contributed by atoms with van der Waals surface area (Å²) in [6, 6.07) is 14.5. The third-order valence-corrected chi connectivity index (χ3v) is 4.87. The van der Waals surface area contributed by atoms with E-state index in [4.69, 9.17) is 0 Å². The number of ketones is 1. The lowest BCUT2D eigenvalue weighted by Gasteiger charge is -2.30. The smallest absolute Gasteiger partial charge is 0.252 e. The second-order valence-corrected chi connectivity index (χ2v) is 6.79. The molecule has 4 heteroatoms. The minimum absolute atomic E-state index is 0.0868. The molecule has 130 valence electrons. The predicted molar refractivity (Wildman–Crippen MR) is 99.0 cm³/mol. The standard InChI is InChI=1S/C21H24N2O2/c1-14-7-9-16(10-8-14)20(24)17-5-3-4-6-18(17)21(25)23-19-13-22-12-11-15(19)2/h3-10,15,19,22H,11-13H2,1-2H3,(H,23,25). The Labute approximate surface area is 148 Å². The van der Waals surface area contributed by atoms with E-state index >= 15 is 0 Å². The van der Waals surface area contributed by atoms with Gasteiger partial charge >= 0.3 is 0 Å². The third-order valence-electron chi connectivity index (χ3n) is 4.87. The van der Waals surface area contributed by atoms with Gasteiger partial charge in [0.1, 0.15) is 0 Å². The SMILES string of the molecule is Cc1ccc(C(=O)c2ccccc2C(=O)NC2CNCCC2C)cc1. The molecule has 2 aromatic carbocycles. The van der Waals surface area contributed by atoms with E-state index < -0.39 is 0 Å². The van der Waals surface area contributed by atoms with E-state index in [-0.39, 0.29) is 17.7 Å². The number of aryl methyl sites for hydroxylation is 1. The Balaban J connectivity index is 1.83. The van der Waals surface area contributed by atoms with Gasteiger partial charge in [-0.3, -0.25) is 9.59 Å². The Hall–Kier alpha value is -2.46. The Morgan fingerprint density at radius 1 is 1.04 bits per heavy atom. The largest absolute Gasteiger partial charge is 0.348 e. The molecule has 0 radical (unpaired) electrons. The number of nitrogens with one attached hydrogen (secondary N) is 2. The molecule has 0 aliphatic carbocycles. The van der Waals surface area contributed by atoms with Crippen molar-refractivity contribution in [2.75, 3.05) is 13.1 Å². The molecule has 3 rings (SSSR count). The number of carbonyl (C=O) groups is 2. The molecular formula is C21H24N2O2. The Bertz CT molecular complexity index is 768. The number of piperidine rings is 1. The van der Waals surface area contributed by atoms with Gasteiger partial charge in [0.25, 0.3) is 5.91 Å². The molecule has 1 amide bonds. The lowest BCUT2D eigenvalue weighted by Crippen LogP contribution is -2.50. The van der Waals surface area contributed by atoms with Gasteiger partial charge in [0.15, 0.2) is 5.78 Å². The van der Waals surface area contributed by atoms with Crippen LogP contribution in [0.5, 0.6) is 0 Å². The van der Waals surface area contributed by atoms with Crippen LogP contribution in [0.4, 0.5) is 0 Å². The fourth-order valence-electron chi connectivity index (χ4n) is 3.17. The topological polar surface area (TPSA) is 58.2 Å². The summed E-state index contributed by atoms with van der Waals surface area (Å²) in [5, 5.41) is 6.40. The first-order chi connectivity index (χ1) is 12.1. The van der Waals surface area contributed by atoms with Crippen LogP contribution in [0.25, 0.3) is 0 Å². The first-order valence-electron chi connectivity index (χ1n) is 8.78. The van der Waals surface area contributed by atoms with E-state index in [2.05, 4.69) is 17.6 Å². The number of hydrogen-bond acceptors (Lipinski definition) is 3.